The fourth-order valence-corrected chi connectivity index (χ4v) is 2.68. The van der Waals surface area contributed by atoms with Gasteiger partial charge in [-0.25, -0.2) is 0 Å². The maximum Gasteiger partial charge on any atom is 0.255 e. The molecule has 5 heteroatoms. The van der Waals surface area contributed by atoms with Crippen LogP contribution in [-0.2, 0) is 0 Å². The fraction of sp³-hybridized carbons (Fsp3) is 0.500. The molecule has 1 aliphatic rings. The van der Waals surface area contributed by atoms with Crippen LogP contribution in [0.5, 0.6) is 0 Å². The first-order valence-electron chi connectivity index (χ1n) is 7.13. The minimum Gasteiger partial charge on any atom is -0.384 e. The monoisotopic (exact) mass is 287 g/mol. The van der Waals surface area contributed by atoms with Gasteiger partial charge in [-0.2, -0.15) is 0 Å². The number of carbonyl (C=O) groups is 1. The molecule has 2 heterocycles. The summed E-state index contributed by atoms with van der Waals surface area (Å²) in [5.74, 6) is 5.39. The Morgan fingerprint density at radius 2 is 2.38 bits per heavy atom. The standard InChI is InChI=1S/C16H21N3O2/c1-18(2)12-14-6-3-9-19(14)16(21)15-7-8-17-11-13(15)5-4-10-20/h7-8,11,14,20H,3,6,9-10,12H2,1-2H3. The van der Waals surface area contributed by atoms with Gasteiger partial charge in [-0.05, 0) is 33.0 Å². The van der Waals surface area contributed by atoms with Crippen LogP contribution in [0, 0.1) is 11.8 Å². The van der Waals surface area contributed by atoms with Crippen LogP contribution >= 0.6 is 0 Å². The van der Waals surface area contributed by atoms with Gasteiger partial charge in [-0.15, -0.1) is 0 Å². The lowest BCUT2D eigenvalue weighted by atomic mass is 10.1. The lowest BCUT2D eigenvalue weighted by Gasteiger charge is -2.27. The molecule has 2 rings (SSSR count). The summed E-state index contributed by atoms with van der Waals surface area (Å²) >= 11 is 0. The number of likely N-dealkylation sites (N-methyl/N-ethyl adjacent to an activating group) is 1. The van der Waals surface area contributed by atoms with Gasteiger partial charge >= 0.3 is 0 Å². The second-order valence-corrected chi connectivity index (χ2v) is 5.44. The highest BCUT2D eigenvalue weighted by atomic mass is 16.2. The number of nitrogens with zero attached hydrogens (tertiary/aromatic N) is 3. The van der Waals surface area contributed by atoms with E-state index in [2.05, 4.69) is 21.7 Å². The van der Waals surface area contributed by atoms with Gasteiger partial charge in [0.05, 0.1) is 11.1 Å². The van der Waals surface area contributed by atoms with Gasteiger partial charge in [-0.1, -0.05) is 11.8 Å². The maximum atomic E-state index is 12.8. The van der Waals surface area contributed by atoms with Gasteiger partial charge in [0, 0.05) is 31.5 Å². The number of amides is 1. The highest BCUT2D eigenvalue weighted by Crippen LogP contribution is 2.21. The summed E-state index contributed by atoms with van der Waals surface area (Å²) in [6, 6.07) is 1.95. The van der Waals surface area contributed by atoms with E-state index in [0.717, 1.165) is 25.9 Å². The lowest BCUT2D eigenvalue weighted by molar-refractivity contribution is 0.0716. The fourth-order valence-electron chi connectivity index (χ4n) is 2.68. The predicted molar refractivity (Wildman–Crippen MR) is 80.8 cm³/mol. The number of aliphatic hydroxyl groups excluding tert-OH is 1. The Morgan fingerprint density at radius 1 is 1.57 bits per heavy atom. The molecule has 1 fully saturated rings. The predicted octanol–water partition coefficient (Wildman–Crippen LogP) is 0.592. The number of rotatable bonds is 3. The first-order valence-corrected chi connectivity index (χ1v) is 7.13. The quantitative estimate of drug-likeness (QED) is 0.827. The molecule has 1 saturated heterocycles. The Morgan fingerprint density at radius 3 is 3.10 bits per heavy atom. The molecule has 1 unspecified atom stereocenters. The summed E-state index contributed by atoms with van der Waals surface area (Å²) in [5, 5.41) is 8.81. The number of aliphatic hydroxyl groups is 1. The van der Waals surface area contributed by atoms with Crippen molar-refractivity contribution in [3.05, 3.63) is 29.6 Å². The number of likely N-dealkylation sites (tertiary alicyclic amines) is 1. The van der Waals surface area contributed by atoms with Crippen LogP contribution < -0.4 is 0 Å². The van der Waals surface area contributed by atoms with E-state index >= 15 is 0 Å². The second-order valence-electron chi connectivity index (χ2n) is 5.44. The highest BCUT2D eigenvalue weighted by molar-refractivity contribution is 5.97. The van der Waals surface area contributed by atoms with Crippen LogP contribution in [-0.4, -0.2) is 65.6 Å². The largest absolute Gasteiger partial charge is 0.384 e. The Balaban J connectivity index is 2.23. The minimum atomic E-state index is -0.227. The normalized spacial score (nSPS) is 17.7. The summed E-state index contributed by atoms with van der Waals surface area (Å²) in [5.41, 5.74) is 1.14. The zero-order valence-corrected chi connectivity index (χ0v) is 12.5. The molecule has 1 aromatic heterocycles. The van der Waals surface area contributed by atoms with E-state index in [1.807, 2.05) is 19.0 Å². The Labute approximate surface area is 125 Å². The molecule has 0 aromatic carbocycles. The van der Waals surface area contributed by atoms with Crippen molar-refractivity contribution in [1.29, 1.82) is 0 Å². The molecule has 1 amide bonds. The third kappa shape index (κ3) is 3.81. The zero-order valence-electron chi connectivity index (χ0n) is 12.5. The van der Waals surface area contributed by atoms with Gasteiger partial charge < -0.3 is 14.9 Å². The molecule has 1 aromatic rings. The summed E-state index contributed by atoms with van der Waals surface area (Å²) in [6.07, 6.45) is 5.25. The average molecular weight is 287 g/mol. The van der Waals surface area contributed by atoms with Crippen molar-refractivity contribution in [2.75, 3.05) is 33.8 Å². The molecule has 1 aliphatic heterocycles. The third-order valence-electron chi connectivity index (χ3n) is 3.57. The van der Waals surface area contributed by atoms with Crippen LogP contribution in [0.15, 0.2) is 18.5 Å². The van der Waals surface area contributed by atoms with Gasteiger partial charge in [0.1, 0.15) is 6.61 Å². The van der Waals surface area contributed by atoms with E-state index in [0.29, 0.717) is 11.1 Å². The zero-order chi connectivity index (χ0) is 15.2. The number of pyridine rings is 1. The summed E-state index contributed by atoms with van der Waals surface area (Å²) in [6.45, 7) is 1.43. The van der Waals surface area contributed by atoms with Gasteiger partial charge in [0.15, 0.2) is 0 Å². The smallest absolute Gasteiger partial charge is 0.255 e. The third-order valence-corrected chi connectivity index (χ3v) is 3.57. The Kier molecular flexibility index (Phi) is 5.32. The molecule has 0 radical (unpaired) electrons. The average Bonchev–Trinajstić information content (AvgIpc) is 2.92. The minimum absolute atomic E-state index is 0.00369. The molecule has 0 aliphatic carbocycles. The first-order chi connectivity index (χ1) is 10.1. The summed E-state index contributed by atoms with van der Waals surface area (Å²) < 4.78 is 0. The van der Waals surface area contributed by atoms with Crippen LogP contribution in [0.3, 0.4) is 0 Å². The van der Waals surface area contributed by atoms with Crippen molar-refractivity contribution < 1.29 is 9.90 Å². The van der Waals surface area contributed by atoms with Gasteiger partial charge in [0.2, 0.25) is 0 Å². The lowest BCUT2D eigenvalue weighted by Crippen LogP contribution is -2.41. The first kappa shape index (κ1) is 15.5. The van der Waals surface area contributed by atoms with Crippen molar-refractivity contribution in [2.24, 2.45) is 0 Å². The number of carbonyl (C=O) groups excluding carboxylic acids is 1. The maximum absolute atomic E-state index is 12.8. The summed E-state index contributed by atoms with van der Waals surface area (Å²) in [7, 11) is 4.04. The van der Waals surface area contributed by atoms with Crippen LogP contribution in [0.25, 0.3) is 0 Å². The Bertz CT molecular complexity index is 560. The van der Waals surface area contributed by atoms with E-state index < -0.39 is 0 Å². The SMILES string of the molecule is CN(C)CC1CCCN1C(=O)c1ccncc1C#CCO. The van der Waals surface area contributed by atoms with Crippen molar-refractivity contribution in [3.63, 3.8) is 0 Å². The second kappa shape index (κ2) is 7.21. The molecule has 0 saturated carbocycles. The van der Waals surface area contributed by atoms with E-state index in [1.165, 1.54) is 0 Å². The van der Waals surface area contributed by atoms with E-state index in [4.69, 9.17) is 5.11 Å². The molecule has 112 valence electrons. The highest BCUT2D eigenvalue weighted by Gasteiger charge is 2.30. The number of hydrogen-bond acceptors (Lipinski definition) is 4. The van der Waals surface area contributed by atoms with Crippen LogP contribution in [0.2, 0.25) is 0 Å². The molecular weight excluding hydrogens is 266 g/mol. The molecule has 1 atom stereocenters. The molecule has 0 bridgehead atoms. The van der Waals surface area contributed by atoms with E-state index in [9.17, 15) is 4.79 Å². The van der Waals surface area contributed by atoms with Crippen LogP contribution in [0.1, 0.15) is 28.8 Å². The van der Waals surface area contributed by atoms with Crippen molar-refractivity contribution >= 4 is 5.91 Å². The van der Waals surface area contributed by atoms with E-state index in [-0.39, 0.29) is 18.6 Å². The number of hydrogen-bond donors (Lipinski definition) is 1. The van der Waals surface area contributed by atoms with Gasteiger partial charge in [0.25, 0.3) is 5.91 Å². The van der Waals surface area contributed by atoms with E-state index in [1.54, 1.807) is 18.5 Å². The molecule has 1 N–H and O–H groups in total. The molecule has 0 spiro atoms. The topological polar surface area (TPSA) is 56.7 Å². The van der Waals surface area contributed by atoms with Crippen molar-refractivity contribution in [1.82, 2.24) is 14.8 Å². The molecule has 5 nitrogen and oxygen atoms in total. The summed E-state index contributed by atoms with van der Waals surface area (Å²) in [4.78, 5) is 20.8. The van der Waals surface area contributed by atoms with Crippen LogP contribution in [0.4, 0.5) is 0 Å². The van der Waals surface area contributed by atoms with Gasteiger partial charge in [-0.3, -0.25) is 9.78 Å². The van der Waals surface area contributed by atoms with Crippen molar-refractivity contribution in [3.8, 4) is 11.8 Å². The Hall–Kier alpha value is -1.90. The van der Waals surface area contributed by atoms with Crippen molar-refractivity contribution in [2.45, 2.75) is 18.9 Å². The molecule has 21 heavy (non-hydrogen) atoms. The number of aromatic nitrogens is 1. The molecular formula is C16H21N3O2.